The van der Waals surface area contributed by atoms with Crippen molar-refractivity contribution >= 4 is 34.3 Å². The van der Waals surface area contributed by atoms with Gasteiger partial charge in [-0.2, -0.15) is 0 Å². The molecule has 0 radical (unpaired) electrons. The molecule has 1 N–H and O–H groups in total. The molecule has 0 unspecified atom stereocenters. The molecule has 0 saturated heterocycles. The van der Waals surface area contributed by atoms with Crippen molar-refractivity contribution in [1.29, 1.82) is 0 Å². The van der Waals surface area contributed by atoms with E-state index in [1.807, 2.05) is 30.3 Å². The van der Waals surface area contributed by atoms with E-state index in [2.05, 4.69) is 10.3 Å². The first-order valence-electron chi connectivity index (χ1n) is 8.04. The normalized spacial score (nSPS) is 16.1. The number of anilines is 1. The second kappa shape index (κ2) is 8.53. The van der Waals surface area contributed by atoms with Gasteiger partial charge in [-0.1, -0.05) is 30.0 Å². The van der Waals surface area contributed by atoms with Crippen LogP contribution in [0.1, 0.15) is 6.42 Å². The lowest BCUT2D eigenvalue weighted by molar-refractivity contribution is -0.121. The third kappa shape index (κ3) is 4.86. The number of carbonyl (C=O) groups is 2. The minimum atomic E-state index is -0.511. The summed E-state index contributed by atoms with van der Waals surface area (Å²) < 4.78 is 10.7. The van der Waals surface area contributed by atoms with Crippen LogP contribution >= 0.6 is 11.8 Å². The average molecular weight is 370 g/mol. The highest BCUT2D eigenvalue weighted by atomic mass is 32.2. The van der Waals surface area contributed by atoms with Gasteiger partial charge >= 0.3 is 0 Å². The molecule has 134 valence electrons. The Morgan fingerprint density at radius 2 is 1.85 bits per heavy atom. The Balaban J connectivity index is 1.48. The number of hydrogen-bond acceptors (Lipinski definition) is 5. The molecule has 7 heteroatoms. The van der Waals surface area contributed by atoms with Gasteiger partial charge in [0.1, 0.15) is 28.4 Å². The predicted molar refractivity (Wildman–Crippen MR) is 102 cm³/mol. The van der Waals surface area contributed by atoms with E-state index < -0.39 is 5.25 Å². The highest BCUT2D eigenvalue weighted by Crippen LogP contribution is 2.26. The Morgan fingerprint density at radius 3 is 2.54 bits per heavy atom. The molecule has 26 heavy (non-hydrogen) atoms. The van der Waals surface area contributed by atoms with E-state index in [4.69, 9.17) is 9.47 Å². The van der Waals surface area contributed by atoms with Crippen molar-refractivity contribution in [2.45, 2.75) is 11.7 Å². The Bertz CT molecular complexity index is 806. The lowest BCUT2D eigenvalue weighted by atomic mass is 10.2. The first kappa shape index (κ1) is 18.0. The molecule has 0 saturated carbocycles. The van der Waals surface area contributed by atoms with Crippen LogP contribution in [-0.2, 0) is 9.59 Å². The summed E-state index contributed by atoms with van der Waals surface area (Å²) in [7, 11) is 1.58. The van der Waals surface area contributed by atoms with E-state index in [1.165, 1.54) is 11.8 Å². The van der Waals surface area contributed by atoms with Crippen LogP contribution in [0.2, 0.25) is 0 Å². The van der Waals surface area contributed by atoms with Crippen LogP contribution in [0, 0.1) is 0 Å². The van der Waals surface area contributed by atoms with Gasteiger partial charge in [0.05, 0.1) is 7.11 Å². The topological polar surface area (TPSA) is 77.0 Å². The summed E-state index contributed by atoms with van der Waals surface area (Å²) in [6, 6.07) is 16.3. The second-order valence-corrected chi connectivity index (χ2v) is 6.81. The molecule has 0 fully saturated rings. The fourth-order valence-electron chi connectivity index (χ4n) is 2.35. The maximum atomic E-state index is 12.2. The average Bonchev–Trinajstić information content (AvgIpc) is 3.01. The van der Waals surface area contributed by atoms with Crippen molar-refractivity contribution < 1.29 is 19.1 Å². The number of nitrogens with zero attached hydrogens (tertiary/aromatic N) is 1. The van der Waals surface area contributed by atoms with Crippen molar-refractivity contribution in [2.75, 3.05) is 19.0 Å². The summed E-state index contributed by atoms with van der Waals surface area (Å²) in [6.45, 7) is 0.219. The molecule has 0 bridgehead atoms. The molecule has 6 nitrogen and oxygen atoms in total. The van der Waals surface area contributed by atoms with Crippen LogP contribution in [0.4, 0.5) is 5.69 Å². The van der Waals surface area contributed by atoms with Crippen molar-refractivity contribution in [3.8, 4) is 11.5 Å². The highest BCUT2D eigenvalue weighted by Gasteiger charge is 2.30. The number of carbonyl (C=O) groups excluding carboxylic acids is 2. The summed E-state index contributed by atoms with van der Waals surface area (Å²) in [6.07, 6.45) is 0.0634. The molecule has 1 heterocycles. The van der Waals surface area contributed by atoms with Crippen LogP contribution in [0.3, 0.4) is 0 Å². The molecule has 2 aromatic rings. The van der Waals surface area contributed by atoms with Gasteiger partial charge in [-0.15, -0.1) is 0 Å². The van der Waals surface area contributed by atoms with Crippen LogP contribution < -0.4 is 14.8 Å². The summed E-state index contributed by atoms with van der Waals surface area (Å²) >= 11 is 1.28. The molecule has 2 aromatic carbocycles. The number of rotatable bonds is 7. The zero-order valence-electron chi connectivity index (χ0n) is 14.2. The molecule has 1 atom stereocenters. The van der Waals surface area contributed by atoms with E-state index in [9.17, 15) is 9.59 Å². The predicted octanol–water partition coefficient (Wildman–Crippen LogP) is 3.14. The van der Waals surface area contributed by atoms with Crippen LogP contribution in [-0.4, -0.2) is 35.8 Å². The maximum Gasteiger partial charge on any atom is 0.260 e. The molecular formula is C19H18N2O4S. The monoisotopic (exact) mass is 370 g/mol. The van der Waals surface area contributed by atoms with Crippen molar-refractivity contribution in [3.63, 3.8) is 0 Å². The number of thioether (sulfide) groups is 1. The maximum absolute atomic E-state index is 12.2. The smallest absolute Gasteiger partial charge is 0.260 e. The molecular weight excluding hydrogens is 352 g/mol. The molecule has 1 aliphatic heterocycles. The number of hydrogen-bond donors (Lipinski definition) is 1. The van der Waals surface area contributed by atoms with E-state index in [0.717, 1.165) is 0 Å². The van der Waals surface area contributed by atoms with Gasteiger partial charge in [0.15, 0.2) is 0 Å². The largest absolute Gasteiger partial charge is 0.497 e. The lowest BCUT2D eigenvalue weighted by Crippen LogP contribution is -2.21. The molecule has 0 aliphatic carbocycles. The van der Waals surface area contributed by atoms with Gasteiger partial charge in [0, 0.05) is 12.1 Å². The number of nitrogens with one attached hydrogen (secondary N) is 1. The summed E-state index contributed by atoms with van der Waals surface area (Å²) in [5.41, 5.74) is 0.653. The second-order valence-electron chi connectivity index (χ2n) is 5.53. The summed E-state index contributed by atoms with van der Waals surface area (Å²) in [5.74, 6) is 0.887. The van der Waals surface area contributed by atoms with E-state index >= 15 is 0 Å². The third-order valence-corrected chi connectivity index (χ3v) is 4.77. The number of benzene rings is 2. The van der Waals surface area contributed by atoms with Crippen LogP contribution in [0.25, 0.3) is 0 Å². The van der Waals surface area contributed by atoms with Crippen molar-refractivity contribution in [3.05, 3.63) is 54.6 Å². The summed E-state index contributed by atoms with van der Waals surface area (Å²) in [5, 5.41) is 2.84. The molecule has 2 amide bonds. The van der Waals surface area contributed by atoms with E-state index in [0.29, 0.717) is 22.2 Å². The van der Waals surface area contributed by atoms with E-state index in [1.54, 1.807) is 31.4 Å². The van der Waals surface area contributed by atoms with Gasteiger partial charge in [0.2, 0.25) is 5.91 Å². The first-order valence-corrected chi connectivity index (χ1v) is 8.92. The third-order valence-electron chi connectivity index (χ3n) is 3.64. The fraction of sp³-hybridized carbons (Fsp3) is 0.211. The number of para-hydroxylation sites is 1. The standard InChI is InChI=1S/C19H18N2O4S/c1-24-14-9-7-13(8-10-14)20-17(22)11-16-19(23)21-18(26-16)12-25-15-5-3-2-4-6-15/h2-10,16H,11-12H2,1H3,(H,20,22)/t16-/m1/s1. The van der Waals surface area contributed by atoms with Gasteiger partial charge in [-0.05, 0) is 36.4 Å². The van der Waals surface area contributed by atoms with Crippen LogP contribution in [0.5, 0.6) is 11.5 Å². The Morgan fingerprint density at radius 1 is 1.12 bits per heavy atom. The quantitative estimate of drug-likeness (QED) is 0.810. The first-order chi connectivity index (χ1) is 12.6. The zero-order valence-corrected chi connectivity index (χ0v) is 15.0. The minimum Gasteiger partial charge on any atom is -0.497 e. The lowest BCUT2D eigenvalue weighted by Gasteiger charge is -2.09. The van der Waals surface area contributed by atoms with Gasteiger partial charge in [0.25, 0.3) is 5.91 Å². The van der Waals surface area contributed by atoms with E-state index in [-0.39, 0.29) is 24.8 Å². The van der Waals surface area contributed by atoms with Crippen molar-refractivity contribution in [1.82, 2.24) is 0 Å². The Labute approximate surface area is 155 Å². The zero-order chi connectivity index (χ0) is 18.4. The van der Waals surface area contributed by atoms with Gasteiger partial charge < -0.3 is 14.8 Å². The Kier molecular flexibility index (Phi) is 5.91. The number of ether oxygens (including phenoxy) is 2. The highest BCUT2D eigenvalue weighted by molar-refractivity contribution is 8.15. The van der Waals surface area contributed by atoms with Gasteiger partial charge in [-0.3, -0.25) is 9.59 Å². The van der Waals surface area contributed by atoms with Crippen molar-refractivity contribution in [2.24, 2.45) is 4.99 Å². The Hall–Kier alpha value is -2.80. The number of aliphatic imine (C=N–C) groups is 1. The fourth-order valence-corrected chi connectivity index (χ4v) is 3.33. The SMILES string of the molecule is COc1ccc(NC(=O)C[C@H]2SC(COc3ccccc3)=NC2=O)cc1. The molecule has 0 spiro atoms. The number of amides is 2. The number of methoxy groups -OCH3 is 1. The van der Waals surface area contributed by atoms with Crippen LogP contribution in [0.15, 0.2) is 59.6 Å². The molecule has 1 aliphatic rings. The molecule has 0 aromatic heterocycles. The van der Waals surface area contributed by atoms with Gasteiger partial charge in [-0.25, -0.2) is 4.99 Å². The molecule has 3 rings (SSSR count). The summed E-state index contributed by atoms with van der Waals surface area (Å²) in [4.78, 5) is 28.2. The minimum absolute atomic E-state index is 0.0634.